The zero-order chi connectivity index (χ0) is 17.5. The molecular formula is C19H18N4O2. The topological polar surface area (TPSA) is 68.5 Å². The number of rotatable bonds is 5. The van der Waals surface area contributed by atoms with Crippen LogP contribution in [0.5, 0.6) is 0 Å². The second kappa shape index (κ2) is 7.92. The fourth-order valence-corrected chi connectivity index (χ4v) is 2.33. The van der Waals surface area contributed by atoms with Gasteiger partial charge in [0, 0.05) is 17.3 Å². The molecule has 1 N–H and O–H groups in total. The van der Waals surface area contributed by atoms with Crippen LogP contribution in [0.25, 0.3) is 16.9 Å². The van der Waals surface area contributed by atoms with Crippen molar-refractivity contribution in [3.8, 4) is 16.9 Å². The number of carbonyl (C=O) groups excluding carboxylic acids is 1. The Labute approximate surface area is 145 Å². The molecule has 0 spiro atoms. The van der Waals surface area contributed by atoms with E-state index >= 15 is 0 Å². The van der Waals surface area contributed by atoms with Gasteiger partial charge in [0.25, 0.3) is 0 Å². The lowest BCUT2D eigenvalue weighted by molar-refractivity contribution is 0.152. The number of aromatic nitrogens is 2. The second-order valence-electron chi connectivity index (χ2n) is 5.17. The maximum atomic E-state index is 11.3. The molecule has 6 nitrogen and oxygen atoms in total. The van der Waals surface area contributed by atoms with E-state index in [9.17, 15) is 4.79 Å². The first-order valence-corrected chi connectivity index (χ1v) is 7.94. The quantitative estimate of drug-likeness (QED) is 0.572. The number of hydrogen-bond acceptors (Lipinski definition) is 4. The third-order valence-corrected chi connectivity index (χ3v) is 3.45. The molecule has 1 amide bonds. The number of para-hydroxylation sites is 1. The number of carbonyl (C=O) groups is 1. The summed E-state index contributed by atoms with van der Waals surface area (Å²) >= 11 is 0. The molecule has 2 aromatic carbocycles. The molecule has 0 radical (unpaired) electrons. The Kier molecular flexibility index (Phi) is 5.21. The minimum atomic E-state index is -0.588. The molecule has 0 aliphatic carbocycles. The van der Waals surface area contributed by atoms with Crippen LogP contribution < -0.4 is 5.43 Å². The Morgan fingerprint density at radius 2 is 1.84 bits per heavy atom. The standard InChI is InChI=1S/C19H18N4O2/c1-2-25-19(24)21-20-13-16-14-23(17-11-7-4-8-12-17)22-18(16)15-9-5-3-6-10-15/h3-14H,2H2,1H3,(H,21,24)/b20-13-. The summed E-state index contributed by atoms with van der Waals surface area (Å²) in [6.45, 7) is 2.03. The highest BCUT2D eigenvalue weighted by Crippen LogP contribution is 2.22. The minimum absolute atomic E-state index is 0.294. The summed E-state index contributed by atoms with van der Waals surface area (Å²) in [5.41, 5.74) is 5.80. The van der Waals surface area contributed by atoms with Gasteiger partial charge in [0.15, 0.2) is 0 Å². The number of ether oxygens (including phenoxy) is 1. The highest BCUT2D eigenvalue weighted by molar-refractivity contribution is 5.89. The zero-order valence-electron chi connectivity index (χ0n) is 13.8. The molecule has 0 bridgehead atoms. The number of hydrogen-bond donors (Lipinski definition) is 1. The van der Waals surface area contributed by atoms with Gasteiger partial charge >= 0.3 is 6.09 Å². The largest absolute Gasteiger partial charge is 0.449 e. The average molecular weight is 334 g/mol. The number of benzene rings is 2. The molecule has 3 rings (SSSR count). The van der Waals surface area contributed by atoms with Gasteiger partial charge in [-0.2, -0.15) is 10.2 Å². The van der Waals surface area contributed by atoms with Crippen LogP contribution in [-0.2, 0) is 4.74 Å². The van der Waals surface area contributed by atoms with E-state index in [1.165, 1.54) is 0 Å². The van der Waals surface area contributed by atoms with Gasteiger partial charge in [0.2, 0.25) is 0 Å². The van der Waals surface area contributed by atoms with E-state index in [2.05, 4.69) is 15.6 Å². The zero-order valence-corrected chi connectivity index (χ0v) is 13.8. The first-order valence-electron chi connectivity index (χ1n) is 7.94. The van der Waals surface area contributed by atoms with Gasteiger partial charge in [-0.05, 0) is 19.1 Å². The summed E-state index contributed by atoms with van der Waals surface area (Å²) in [5.74, 6) is 0. The van der Waals surface area contributed by atoms with Gasteiger partial charge in [-0.25, -0.2) is 14.9 Å². The summed E-state index contributed by atoms with van der Waals surface area (Å²) < 4.78 is 6.57. The van der Waals surface area contributed by atoms with Crippen LogP contribution in [0.2, 0.25) is 0 Å². The van der Waals surface area contributed by atoms with Crippen molar-refractivity contribution in [2.75, 3.05) is 6.61 Å². The van der Waals surface area contributed by atoms with Gasteiger partial charge in [0.05, 0.1) is 18.5 Å². The Morgan fingerprint density at radius 3 is 2.52 bits per heavy atom. The molecule has 0 saturated carbocycles. The lowest BCUT2D eigenvalue weighted by Crippen LogP contribution is -2.18. The van der Waals surface area contributed by atoms with E-state index < -0.39 is 6.09 Å². The molecular weight excluding hydrogens is 316 g/mol. The fraction of sp³-hybridized carbons (Fsp3) is 0.105. The Morgan fingerprint density at radius 1 is 1.16 bits per heavy atom. The molecule has 25 heavy (non-hydrogen) atoms. The number of nitrogens with zero attached hydrogens (tertiary/aromatic N) is 3. The SMILES string of the molecule is CCOC(=O)N/N=C\c1cn(-c2ccccc2)nc1-c1ccccc1. The smallest absolute Gasteiger partial charge is 0.427 e. The molecule has 0 saturated heterocycles. The highest BCUT2D eigenvalue weighted by atomic mass is 16.5. The Balaban J connectivity index is 1.93. The average Bonchev–Trinajstić information content (AvgIpc) is 3.08. The maximum Gasteiger partial charge on any atom is 0.427 e. The molecule has 3 aromatic rings. The van der Waals surface area contributed by atoms with Crippen LogP contribution in [0, 0.1) is 0 Å². The molecule has 1 heterocycles. The molecule has 0 fully saturated rings. The van der Waals surface area contributed by atoms with Crippen molar-refractivity contribution in [3.63, 3.8) is 0 Å². The van der Waals surface area contributed by atoms with Crippen molar-refractivity contribution in [2.45, 2.75) is 6.92 Å². The Hall–Kier alpha value is -3.41. The predicted molar refractivity (Wildman–Crippen MR) is 96.8 cm³/mol. The van der Waals surface area contributed by atoms with Crippen molar-refractivity contribution < 1.29 is 9.53 Å². The fourth-order valence-electron chi connectivity index (χ4n) is 2.33. The number of amides is 1. The van der Waals surface area contributed by atoms with Crippen LogP contribution in [0.3, 0.4) is 0 Å². The van der Waals surface area contributed by atoms with Gasteiger partial charge in [-0.1, -0.05) is 48.5 Å². The highest BCUT2D eigenvalue weighted by Gasteiger charge is 2.10. The van der Waals surface area contributed by atoms with Gasteiger partial charge in [-0.3, -0.25) is 0 Å². The maximum absolute atomic E-state index is 11.3. The first-order chi connectivity index (χ1) is 12.3. The van der Waals surface area contributed by atoms with E-state index in [4.69, 9.17) is 4.74 Å². The number of hydrazone groups is 1. The summed E-state index contributed by atoms with van der Waals surface area (Å²) in [6, 6.07) is 19.6. The van der Waals surface area contributed by atoms with E-state index in [-0.39, 0.29) is 0 Å². The molecule has 0 aliphatic rings. The van der Waals surface area contributed by atoms with Crippen molar-refractivity contribution in [3.05, 3.63) is 72.4 Å². The molecule has 6 heteroatoms. The van der Waals surface area contributed by atoms with Crippen molar-refractivity contribution in [1.29, 1.82) is 0 Å². The van der Waals surface area contributed by atoms with E-state index in [1.54, 1.807) is 17.8 Å². The van der Waals surface area contributed by atoms with Crippen LogP contribution in [0.15, 0.2) is 72.0 Å². The minimum Gasteiger partial charge on any atom is -0.449 e. The third kappa shape index (κ3) is 4.11. The van der Waals surface area contributed by atoms with E-state index in [0.717, 1.165) is 22.5 Å². The predicted octanol–water partition coefficient (Wildman–Crippen LogP) is 3.62. The summed E-state index contributed by atoms with van der Waals surface area (Å²) in [7, 11) is 0. The van der Waals surface area contributed by atoms with Gasteiger partial charge in [0.1, 0.15) is 5.69 Å². The molecule has 0 atom stereocenters. The second-order valence-corrected chi connectivity index (χ2v) is 5.17. The normalized spacial score (nSPS) is 10.8. The summed E-state index contributed by atoms with van der Waals surface area (Å²) in [6.07, 6.45) is 2.84. The molecule has 0 unspecified atom stereocenters. The van der Waals surface area contributed by atoms with Gasteiger partial charge < -0.3 is 4.74 Å². The van der Waals surface area contributed by atoms with Crippen molar-refractivity contribution >= 4 is 12.3 Å². The van der Waals surface area contributed by atoms with Gasteiger partial charge in [-0.15, -0.1) is 0 Å². The van der Waals surface area contributed by atoms with Crippen LogP contribution in [0.1, 0.15) is 12.5 Å². The van der Waals surface area contributed by atoms with Crippen molar-refractivity contribution in [1.82, 2.24) is 15.2 Å². The monoisotopic (exact) mass is 334 g/mol. The molecule has 1 aromatic heterocycles. The van der Waals surface area contributed by atoms with Crippen LogP contribution in [-0.4, -0.2) is 28.7 Å². The summed E-state index contributed by atoms with van der Waals surface area (Å²) in [5, 5.41) is 8.62. The molecule has 126 valence electrons. The third-order valence-electron chi connectivity index (χ3n) is 3.45. The van der Waals surface area contributed by atoms with Crippen molar-refractivity contribution in [2.24, 2.45) is 5.10 Å². The van der Waals surface area contributed by atoms with Crippen LogP contribution in [0.4, 0.5) is 4.79 Å². The Bertz CT molecular complexity index is 858. The van der Waals surface area contributed by atoms with E-state index in [1.807, 2.05) is 66.9 Å². The molecule has 0 aliphatic heterocycles. The summed E-state index contributed by atoms with van der Waals surface area (Å²) in [4.78, 5) is 11.3. The van der Waals surface area contributed by atoms with Crippen LogP contribution >= 0.6 is 0 Å². The lowest BCUT2D eigenvalue weighted by atomic mass is 10.1. The number of nitrogens with one attached hydrogen (secondary N) is 1. The van der Waals surface area contributed by atoms with E-state index in [0.29, 0.717) is 6.61 Å². The lowest BCUT2D eigenvalue weighted by Gasteiger charge is -2.00. The first kappa shape index (κ1) is 16.4.